The predicted octanol–water partition coefficient (Wildman–Crippen LogP) is 6.04. The molecule has 3 nitrogen and oxygen atoms in total. The Morgan fingerprint density at radius 2 is 1.29 bits per heavy atom. The summed E-state index contributed by atoms with van der Waals surface area (Å²) in [6, 6.07) is 4.50. The Balaban J connectivity index is 0.000000502. The molecule has 0 atom stereocenters. The molecule has 0 aliphatic carbocycles. The SMILES string of the molecule is C[N-]C.[CH3+].[Cl][Zr+2][Cl].c1cc2c(c3c1CCC[N-]3)[N-]CCC2. The maximum Gasteiger partial charge on any atom is -0.0306 e. The van der Waals surface area contributed by atoms with Crippen LogP contribution in [0, 0.1) is 7.43 Å². The zero-order chi connectivity index (χ0) is 14.8. The first-order valence-electron chi connectivity index (χ1n) is 6.72. The van der Waals surface area contributed by atoms with Crippen LogP contribution in [0.3, 0.4) is 0 Å². The van der Waals surface area contributed by atoms with Crippen LogP contribution in [-0.4, -0.2) is 27.2 Å². The molecule has 0 saturated heterocycles. The van der Waals surface area contributed by atoms with Crippen LogP contribution in [0.15, 0.2) is 12.1 Å². The molecule has 3 rings (SSSR count). The van der Waals surface area contributed by atoms with Gasteiger partial charge in [0.05, 0.1) is 0 Å². The van der Waals surface area contributed by atoms with Gasteiger partial charge in [0.2, 0.25) is 0 Å². The molecule has 0 saturated carbocycles. The van der Waals surface area contributed by atoms with E-state index in [0.29, 0.717) is 0 Å². The van der Waals surface area contributed by atoms with E-state index in [4.69, 9.17) is 17.0 Å². The normalized spacial score (nSPS) is 13.9. The van der Waals surface area contributed by atoms with E-state index in [1.165, 1.54) is 48.2 Å². The van der Waals surface area contributed by atoms with Gasteiger partial charge in [0.1, 0.15) is 0 Å². The molecule has 0 aromatic heterocycles. The van der Waals surface area contributed by atoms with Crippen molar-refractivity contribution in [2.75, 3.05) is 27.2 Å². The van der Waals surface area contributed by atoms with Gasteiger partial charge in [-0.2, -0.15) is 25.5 Å². The second-order valence-electron chi connectivity index (χ2n) is 4.57. The maximum atomic E-state index is 4.93. The first kappa shape index (κ1) is 21.1. The minimum Gasteiger partial charge on any atom is -0.685 e. The summed E-state index contributed by atoms with van der Waals surface area (Å²) in [5.74, 6) is 0. The van der Waals surface area contributed by atoms with Gasteiger partial charge in [-0.25, -0.2) is 0 Å². The molecular weight excluding hydrogens is 384 g/mol. The predicted molar refractivity (Wildman–Crippen MR) is 92.2 cm³/mol. The molecule has 0 radical (unpaired) electrons. The number of benzene rings is 1. The quantitative estimate of drug-likeness (QED) is 0.471. The molecule has 1 aromatic rings. The van der Waals surface area contributed by atoms with Crippen molar-refractivity contribution in [3.8, 4) is 0 Å². The number of hydrogen-bond donors (Lipinski definition) is 0. The molecule has 0 N–H and O–H groups in total. The van der Waals surface area contributed by atoms with Crippen molar-refractivity contribution in [2.24, 2.45) is 0 Å². The Labute approximate surface area is 148 Å². The van der Waals surface area contributed by atoms with Crippen LogP contribution < -0.4 is 0 Å². The van der Waals surface area contributed by atoms with Crippen LogP contribution in [0.1, 0.15) is 24.0 Å². The average molecular weight is 408 g/mol. The van der Waals surface area contributed by atoms with Crippen molar-refractivity contribution in [1.82, 2.24) is 0 Å². The summed E-state index contributed by atoms with van der Waals surface area (Å²) in [4.78, 5) is 0. The van der Waals surface area contributed by atoms with Crippen LogP contribution in [0.5, 0.6) is 0 Å². The smallest absolute Gasteiger partial charge is 0.0306 e. The van der Waals surface area contributed by atoms with Crippen LogP contribution in [-0.2, 0) is 33.7 Å². The molecule has 1 aromatic carbocycles. The second-order valence-corrected chi connectivity index (χ2v) is 8.30. The maximum absolute atomic E-state index is 4.93. The fourth-order valence-electron chi connectivity index (χ4n) is 2.34. The van der Waals surface area contributed by atoms with Crippen molar-refractivity contribution >= 4 is 28.4 Å². The molecule has 21 heavy (non-hydrogen) atoms. The van der Waals surface area contributed by atoms with Gasteiger partial charge in [-0.15, -0.1) is 13.1 Å². The zero-order valence-corrected chi connectivity index (χ0v) is 17.0. The molecular formula is C15H23Cl2N3Zr. The van der Waals surface area contributed by atoms with E-state index < -0.39 is 20.8 Å². The van der Waals surface area contributed by atoms with Crippen LogP contribution >= 0.6 is 17.0 Å². The van der Waals surface area contributed by atoms with E-state index in [9.17, 15) is 0 Å². The van der Waals surface area contributed by atoms with Gasteiger partial charge >= 0.3 is 37.9 Å². The van der Waals surface area contributed by atoms with Gasteiger partial charge in [-0.1, -0.05) is 36.1 Å². The van der Waals surface area contributed by atoms with E-state index in [0.717, 1.165) is 13.1 Å². The Hall–Kier alpha value is 0.113. The number of halogens is 2. The second kappa shape index (κ2) is 12.6. The molecule has 0 spiro atoms. The molecule has 2 heterocycles. The summed E-state index contributed by atoms with van der Waals surface area (Å²) < 4.78 is 0. The molecule has 6 heteroatoms. The zero-order valence-electron chi connectivity index (χ0n) is 13.0. The van der Waals surface area contributed by atoms with Crippen LogP contribution in [0.4, 0.5) is 11.4 Å². The molecule has 0 unspecified atom stereocenters. The number of rotatable bonds is 0. The van der Waals surface area contributed by atoms with Crippen LogP contribution in [0.2, 0.25) is 0 Å². The Morgan fingerprint density at radius 3 is 1.62 bits per heavy atom. The van der Waals surface area contributed by atoms with Gasteiger partial charge in [0.15, 0.2) is 0 Å². The van der Waals surface area contributed by atoms with Gasteiger partial charge in [-0.3, -0.25) is 0 Å². The summed E-state index contributed by atoms with van der Waals surface area (Å²) in [6.07, 6.45) is 4.76. The van der Waals surface area contributed by atoms with Gasteiger partial charge in [-0.05, 0) is 12.8 Å². The van der Waals surface area contributed by atoms with Gasteiger partial charge in [0, 0.05) is 7.43 Å². The third kappa shape index (κ3) is 6.82. The summed E-state index contributed by atoms with van der Waals surface area (Å²) in [5.41, 5.74) is 5.21. The van der Waals surface area contributed by atoms with E-state index >= 15 is 0 Å². The minimum atomic E-state index is -0.826. The summed E-state index contributed by atoms with van der Waals surface area (Å²) in [6.45, 7) is 1.97. The summed E-state index contributed by atoms with van der Waals surface area (Å²) in [5, 5.41) is 12.7. The standard InChI is InChI=1S/C12H14N2.C2H6N.CH3.2ClH.Zr/c1-3-9-5-6-10-4-2-8-14-12(10)11(9)13-7-1;1-3-2;;;;/h5-6H,1-4,7-8H2;1-2H3;1H3;2*1H;/q-2;-1;+1;;;+4/p-2. The Morgan fingerprint density at radius 1 is 0.952 bits per heavy atom. The van der Waals surface area contributed by atoms with Crippen molar-refractivity contribution in [3.63, 3.8) is 0 Å². The van der Waals surface area contributed by atoms with Gasteiger partial charge in [0.25, 0.3) is 0 Å². The largest absolute Gasteiger partial charge is 0.685 e. The number of nitrogens with zero attached hydrogens (tertiary/aromatic N) is 3. The fraction of sp³-hybridized carbons (Fsp3) is 0.533. The third-order valence-corrected chi connectivity index (χ3v) is 3.07. The number of aryl methyl sites for hydroxylation is 2. The fourth-order valence-corrected chi connectivity index (χ4v) is 2.34. The monoisotopic (exact) mass is 405 g/mol. The first-order chi connectivity index (χ1) is 9.78. The first-order valence-corrected chi connectivity index (χ1v) is 13.1. The van der Waals surface area contributed by atoms with Crippen LogP contribution in [0.25, 0.3) is 16.0 Å². The van der Waals surface area contributed by atoms with E-state index in [1.54, 1.807) is 14.1 Å². The van der Waals surface area contributed by atoms with Crippen molar-refractivity contribution in [3.05, 3.63) is 46.6 Å². The molecule has 0 fully saturated rings. The van der Waals surface area contributed by atoms with Gasteiger partial charge < -0.3 is 16.0 Å². The third-order valence-electron chi connectivity index (χ3n) is 3.07. The Bertz CT molecular complexity index is 366. The van der Waals surface area contributed by atoms with E-state index in [1.807, 2.05) is 0 Å². The Kier molecular flexibility index (Phi) is 12.7. The molecule has 0 amide bonds. The van der Waals surface area contributed by atoms with Crippen molar-refractivity contribution < 1.29 is 20.8 Å². The molecule has 116 valence electrons. The van der Waals surface area contributed by atoms with Crippen molar-refractivity contribution in [1.29, 1.82) is 0 Å². The summed E-state index contributed by atoms with van der Waals surface area (Å²) in [7, 11) is 13.4. The van der Waals surface area contributed by atoms with E-state index in [-0.39, 0.29) is 7.43 Å². The number of hydrogen-bond acceptors (Lipinski definition) is 0. The van der Waals surface area contributed by atoms with Crippen molar-refractivity contribution in [2.45, 2.75) is 25.7 Å². The molecule has 2 aliphatic heterocycles. The van der Waals surface area contributed by atoms with E-state index in [2.05, 4.69) is 28.1 Å². The number of fused-ring (bicyclic) bond motifs is 3. The molecule has 2 aliphatic rings. The average Bonchev–Trinajstić information content (AvgIpc) is 2.49. The minimum absolute atomic E-state index is 0. The summed E-state index contributed by atoms with van der Waals surface area (Å²) >= 11 is -0.826. The topological polar surface area (TPSA) is 42.3 Å². The molecule has 0 bridgehead atoms.